The SMILES string of the molecule is CC(=O)[C@H](CCC(=O)C=N)NC(=O)[C@H](Cc1ccccc1)NC(=O)CN(C)C. The third-order valence-electron chi connectivity index (χ3n) is 4.04. The van der Waals surface area contributed by atoms with Crippen molar-refractivity contribution in [2.24, 2.45) is 0 Å². The van der Waals surface area contributed by atoms with Gasteiger partial charge in [0.25, 0.3) is 0 Å². The molecule has 8 nitrogen and oxygen atoms in total. The van der Waals surface area contributed by atoms with Gasteiger partial charge >= 0.3 is 0 Å². The maximum atomic E-state index is 12.8. The quantitative estimate of drug-likeness (QED) is 0.446. The average molecular weight is 388 g/mol. The van der Waals surface area contributed by atoms with Gasteiger partial charge < -0.3 is 20.9 Å². The summed E-state index contributed by atoms with van der Waals surface area (Å²) in [4.78, 5) is 49.8. The highest BCUT2D eigenvalue weighted by Gasteiger charge is 2.25. The number of Topliss-reactive ketones (excluding diaryl/α,β-unsaturated/α-hetero) is 2. The molecular weight excluding hydrogens is 360 g/mol. The zero-order valence-corrected chi connectivity index (χ0v) is 16.5. The van der Waals surface area contributed by atoms with Gasteiger partial charge in [0.15, 0.2) is 11.6 Å². The molecule has 0 bridgehead atoms. The third kappa shape index (κ3) is 8.68. The number of nitrogens with one attached hydrogen (secondary N) is 3. The van der Waals surface area contributed by atoms with Crippen molar-refractivity contribution in [1.29, 1.82) is 5.41 Å². The van der Waals surface area contributed by atoms with E-state index in [1.165, 1.54) is 6.92 Å². The van der Waals surface area contributed by atoms with Crippen molar-refractivity contribution >= 4 is 29.6 Å². The zero-order valence-electron chi connectivity index (χ0n) is 16.5. The van der Waals surface area contributed by atoms with Crippen LogP contribution in [0.25, 0.3) is 0 Å². The molecule has 152 valence electrons. The maximum Gasteiger partial charge on any atom is 0.243 e. The summed E-state index contributed by atoms with van der Waals surface area (Å²) in [6.07, 6.45) is 1.07. The van der Waals surface area contributed by atoms with Crippen LogP contribution in [-0.4, -0.2) is 67.2 Å². The molecule has 0 fully saturated rings. The van der Waals surface area contributed by atoms with Crippen molar-refractivity contribution in [1.82, 2.24) is 15.5 Å². The summed E-state index contributed by atoms with van der Waals surface area (Å²) >= 11 is 0. The van der Waals surface area contributed by atoms with Gasteiger partial charge in [0.05, 0.1) is 18.8 Å². The topological polar surface area (TPSA) is 119 Å². The van der Waals surface area contributed by atoms with Crippen LogP contribution in [0, 0.1) is 5.41 Å². The van der Waals surface area contributed by atoms with Crippen molar-refractivity contribution in [2.75, 3.05) is 20.6 Å². The van der Waals surface area contributed by atoms with Crippen LogP contribution in [0.2, 0.25) is 0 Å². The molecule has 28 heavy (non-hydrogen) atoms. The molecule has 0 aliphatic heterocycles. The summed E-state index contributed by atoms with van der Waals surface area (Å²) in [5.41, 5.74) is 0.867. The fourth-order valence-corrected chi connectivity index (χ4v) is 2.59. The number of rotatable bonds is 12. The van der Waals surface area contributed by atoms with Crippen LogP contribution in [0.3, 0.4) is 0 Å². The predicted molar refractivity (Wildman–Crippen MR) is 106 cm³/mol. The normalized spacial score (nSPS) is 12.7. The second kappa shape index (κ2) is 11.8. The Labute approximate surface area is 165 Å². The van der Waals surface area contributed by atoms with E-state index in [0.29, 0.717) is 6.21 Å². The molecule has 1 aromatic carbocycles. The van der Waals surface area contributed by atoms with Crippen LogP contribution in [0.5, 0.6) is 0 Å². The monoisotopic (exact) mass is 388 g/mol. The fourth-order valence-electron chi connectivity index (χ4n) is 2.59. The van der Waals surface area contributed by atoms with Gasteiger partial charge in [-0.1, -0.05) is 30.3 Å². The van der Waals surface area contributed by atoms with Crippen LogP contribution >= 0.6 is 0 Å². The Bertz CT molecular complexity index is 703. The van der Waals surface area contributed by atoms with Gasteiger partial charge in [0, 0.05) is 12.8 Å². The average Bonchev–Trinajstić information content (AvgIpc) is 2.63. The number of hydrogen-bond donors (Lipinski definition) is 3. The van der Waals surface area contributed by atoms with Crippen LogP contribution in [0.1, 0.15) is 25.3 Å². The number of likely N-dealkylation sites (N-methyl/N-ethyl adjacent to an activating group) is 1. The number of benzene rings is 1. The number of carbonyl (C=O) groups is 4. The van der Waals surface area contributed by atoms with E-state index < -0.39 is 23.8 Å². The first-order chi connectivity index (χ1) is 13.2. The standard InChI is InChI=1S/C20H28N4O4/c1-14(25)17(10-9-16(26)12-21)23-20(28)18(22-19(27)13-24(2)3)11-15-7-5-4-6-8-15/h4-8,12,17-18,21H,9-11,13H2,1-3H3,(H,22,27)(H,23,28)/t17-,18-/m0/s1. The lowest BCUT2D eigenvalue weighted by molar-refractivity contribution is -0.131. The molecule has 3 N–H and O–H groups in total. The van der Waals surface area contributed by atoms with Gasteiger partial charge in [-0.2, -0.15) is 0 Å². The first-order valence-electron chi connectivity index (χ1n) is 9.05. The van der Waals surface area contributed by atoms with Crippen molar-refractivity contribution in [3.8, 4) is 0 Å². The van der Waals surface area contributed by atoms with Crippen LogP contribution in [0.15, 0.2) is 30.3 Å². The minimum absolute atomic E-state index is 0.00956. The molecule has 0 radical (unpaired) electrons. The van der Waals surface area contributed by atoms with E-state index in [-0.39, 0.29) is 37.5 Å². The summed E-state index contributed by atoms with van der Waals surface area (Å²) in [6, 6.07) is 7.54. The Hall–Kier alpha value is -2.87. The zero-order chi connectivity index (χ0) is 21.1. The fraction of sp³-hybridized carbons (Fsp3) is 0.450. The Morgan fingerprint density at radius 2 is 1.71 bits per heavy atom. The van der Waals surface area contributed by atoms with E-state index >= 15 is 0 Å². The molecular formula is C20H28N4O4. The molecule has 1 aromatic rings. The molecule has 0 aliphatic rings. The number of hydrogen-bond acceptors (Lipinski definition) is 6. The highest BCUT2D eigenvalue weighted by molar-refractivity contribution is 6.26. The van der Waals surface area contributed by atoms with E-state index in [9.17, 15) is 19.2 Å². The minimum atomic E-state index is -0.852. The second-order valence-corrected chi connectivity index (χ2v) is 6.87. The third-order valence-corrected chi connectivity index (χ3v) is 4.04. The Morgan fingerprint density at radius 3 is 2.25 bits per heavy atom. The molecule has 0 saturated heterocycles. The van der Waals surface area contributed by atoms with Crippen LogP contribution < -0.4 is 10.6 Å². The van der Waals surface area contributed by atoms with E-state index in [1.807, 2.05) is 30.3 Å². The van der Waals surface area contributed by atoms with Gasteiger partial charge in [0.1, 0.15) is 6.04 Å². The molecule has 2 amide bonds. The van der Waals surface area contributed by atoms with Gasteiger partial charge in [-0.3, -0.25) is 19.2 Å². The number of carbonyl (C=O) groups excluding carboxylic acids is 4. The Balaban J connectivity index is 2.88. The van der Waals surface area contributed by atoms with Gasteiger partial charge in [0.2, 0.25) is 11.8 Å². The first-order valence-corrected chi connectivity index (χ1v) is 9.05. The molecule has 2 atom stereocenters. The van der Waals surface area contributed by atoms with E-state index in [4.69, 9.17) is 5.41 Å². The smallest absolute Gasteiger partial charge is 0.243 e. The minimum Gasteiger partial charge on any atom is -0.344 e. The maximum absolute atomic E-state index is 12.8. The lowest BCUT2D eigenvalue weighted by Crippen LogP contribution is -2.53. The van der Waals surface area contributed by atoms with E-state index in [2.05, 4.69) is 10.6 Å². The van der Waals surface area contributed by atoms with Gasteiger partial charge in [-0.15, -0.1) is 0 Å². The lowest BCUT2D eigenvalue weighted by Gasteiger charge is -2.23. The summed E-state index contributed by atoms with van der Waals surface area (Å²) in [5.74, 6) is -1.50. The summed E-state index contributed by atoms with van der Waals surface area (Å²) in [5, 5.41) is 12.3. The van der Waals surface area contributed by atoms with E-state index in [1.54, 1.807) is 19.0 Å². The molecule has 1 rings (SSSR count). The highest BCUT2D eigenvalue weighted by Crippen LogP contribution is 2.06. The predicted octanol–water partition coefficient (Wildman–Crippen LogP) is 0.348. The van der Waals surface area contributed by atoms with Gasteiger partial charge in [-0.25, -0.2) is 0 Å². The molecule has 0 unspecified atom stereocenters. The van der Waals surface area contributed by atoms with Gasteiger partial charge in [-0.05, 0) is 33.0 Å². The number of ketones is 2. The van der Waals surface area contributed by atoms with Crippen molar-refractivity contribution in [2.45, 2.75) is 38.3 Å². The largest absolute Gasteiger partial charge is 0.344 e. The van der Waals surface area contributed by atoms with Crippen molar-refractivity contribution in [3.05, 3.63) is 35.9 Å². The first kappa shape index (κ1) is 23.2. The van der Waals surface area contributed by atoms with E-state index in [0.717, 1.165) is 5.56 Å². The molecule has 0 aromatic heterocycles. The molecule has 8 heteroatoms. The molecule has 0 heterocycles. The highest BCUT2D eigenvalue weighted by atomic mass is 16.2. The molecule has 0 aliphatic carbocycles. The lowest BCUT2D eigenvalue weighted by atomic mass is 10.0. The summed E-state index contributed by atoms with van der Waals surface area (Å²) in [6.45, 7) is 1.46. The molecule has 0 spiro atoms. The van der Waals surface area contributed by atoms with Crippen LogP contribution in [0.4, 0.5) is 0 Å². The summed E-state index contributed by atoms with van der Waals surface area (Å²) < 4.78 is 0. The molecule has 0 saturated carbocycles. The van der Waals surface area contributed by atoms with Crippen LogP contribution in [-0.2, 0) is 25.6 Å². The van der Waals surface area contributed by atoms with Crippen molar-refractivity contribution < 1.29 is 19.2 Å². The van der Waals surface area contributed by atoms with Crippen molar-refractivity contribution in [3.63, 3.8) is 0 Å². The second-order valence-electron chi connectivity index (χ2n) is 6.87. The Kier molecular flexibility index (Phi) is 9.73. The summed E-state index contributed by atoms with van der Waals surface area (Å²) in [7, 11) is 3.50. The Morgan fingerprint density at radius 1 is 1.07 bits per heavy atom. The number of nitrogens with zero attached hydrogens (tertiary/aromatic N) is 1. The number of amides is 2.